The normalized spacial score (nSPS) is 10.9. The van der Waals surface area contributed by atoms with Crippen molar-refractivity contribution in [3.05, 3.63) is 62.1 Å². The molecule has 3 rings (SSSR count). The van der Waals surface area contributed by atoms with Gasteiger partial charge in [-0.15, -0.1) is 0 Å². The summed E-state index contributed by atoms with van der Waals surface area (Å²) in [6.45, 7) is 0.247. The lowest BCUT2D eigenvalue weighted by molar-refractivity contribution is -0.384. The average Bonchev–Trinajstić information content (AvgIpc) is 2.96. The number of anilines is 2. The van der Waals surface area contributed by atoms with Gasteiger partial charge in [-0.25, -0.2) is 4.79 Å². The van der Waals surface area contributed by atoms with Gasteiger partial charge in [0.1, 0.15) is 0 Å². The molecule has 1 N–H and O–H groups in total. The average molecular weight is 419 g/mol. The smallest absolute Gasteiger partial charge is 0.407 e. The number of aromatic nitrogens is 1. The molecule has 0 spiro atoms. The fourth-order valence-corrected chi connectivity index (χ4v) is 3.30. The van der Waals surface area contributed by atoms with E-state index in [9.17, 15) is 19.7 Å². The minimum absolute atomic E-state index is 0.143. The number of rotatable bonds is 7. The molecule has 3 aromatic rings. The molecule has 152 valence electrons. The van der Waals surface area contributed by atoms with Gasteiger partial charge in [0.25, 0.3) is 5.69 Å². The van der Waals surface area contributed by atoms with E-state index in [-0.39, 0.29) is 30.1 Å². The summed E-state index contributed by atoms with van der Waals surface area (Å²) in [5.41, 5.74) is 1.87. The zero-order valence-corrected chi connectivity index (χ0v) is 16.6. The Morgan fingerprint density at radius 2 is 2.03 bits per heavy atom. The lowest BCUT2D eigenvalue weighted by atomic mass is 10.2. The Balaban J connectivity index is 1.62. The number of nitrogens with zero attached hydrogens (tertiary/aromatic N) is 3. The molecule has 1 aromatic heterocycles. The third-order valence-corrected chi connectivity index (χ3v) is 4.66. The molecule has 1 heterocycles. The van der Waals surface area contributed by atoms with E-state index in [1.54, 1.807) is 12.1 Å². The molecule has 0 aliphatic heterocycles. The van der Waals surface area contributed by atoms with Gasteiger partial charge in [-0.2, -0.15) is 0 Å². The number of fused-ring (bicyclic) bond motifs is 1. The minimum atomic E-state index is -0.619. The van der Waals surface area contributed by atoms with Crippen molar-refractivity contribution < 1.29 is 14.1 Å². The first-order valence-corrected chi connectivity index (χ1v) is 9.18. The van der Waals surface area contributed by atoms with Gasteiger partial charge in [0, 0.05) is 38.8 Å². The van der Waals surface area contributed by atoms with Gasteiger partial charge < -0.3 is 14.6 Å². The highest BCUT2D eigenvalue weighted by atomic mass is 35.5. The number of non-ortho nitro benzene ring substituents is 1. The van der Waals surface area contributed by atoms with Crippen LogP contribution in [0.5, 0.6) is 0 Å². The summed E-state index contributed by atoms with van der Waals surface area (Å²) in [7, 11) is 3.75. The molecule has 0 aliphatic rings. The molecule has 0 saturated heterocycles. The van der Waals surface area contributed by atoms with E-state index in [4.69, 9.17) is 16.0 Å². The van der Waals surface area contributed by atoms with E-state index in [1.807, 2.05) is 25.1 Å². The molecule has 0 saturated carbocycles. The molecule has 0 atom stereocenters. The van der Waals surface area contributed by atoms with Crippen LogP contribution in [0.1, 0.15) is 12.8 Å². The summed E-state index contributed by atoms with van der Waals surface area (Å²) in [6, 6.07) is 9.24. The van der Waals surface area contributed by atoms with Gasteiger partial charge in [-0.05, 0) is 30.7 Å². The summed E-state index contributed by atoms with van der Waals surface area (Å²) in [6.07, 6.45) is 0.569. The molecule has 10 heteroatoms. The van der Waals surface area contributed by atoms with Crippen LogP contribution < -0.4 is 16.0 Å². The molecule has 0 radical (unpaired) electrons. The van der Waals surface area contributed by atoms with Crippen LogP contribution in [0, 0.1) is 10.1 Å². The lowest BCUT2D eigenvalue weighted by Gasteiger charge is -2.15. The maximum atomic E-state index is 12.2. The summed E-state index contributed by atoms with van der Waals surface area (Å²) < 4.78 is 6.43. The number of benzene rings is 2. The summed E-state index contributed by atoms with van der Waals surface area (Å²) >= 11 is 6.20. The van der Waals surface area contributed by atoms with Gasteiger partial charge in [0.15, 0.2) is 5.58 Å². The number of halogens is 1. The maximum Gasteiger partial charge on any atom is 0.419 e. The maximum absolute atomic E-state index is 12.2. The van der Waals surface area contributed by atoms with Crippen LogP contribution in [0.25, 0.3) is 11.1 Å². The number of nitro benzene ring substituents is 1. The predicted octanol–water partition coefficient (Wildman–Crippen LogP) is 3.64. The molecular weight excluding hydrogens is 400 g/mol. The highest BCUT2D eigenvalue weighted by Crippen LogP contribution is 2.27. The standard InChI is InChI=1S/C19H19ClN4O5/c1-22(2)15-7-5-12(10-14(15)20)21-18(25)4-3-9-23-16-8-6-13(24(27)28)11-17(16)29-19(23)26/h5-8,10-11H,3-4,9H2,1-2H3,(H,21,25). The Kier molecular flexibility index (Phi) is 5.88. The van der Waals surface area contributed by atoms with Crippen LogP contribution >= 0.6 is 11.6 Å². The molecule has 9 nitrogen and oxygen atoms in total. The van der Waals surface area contributed by atoms with Crippen molar-refractivity contribution in [1.29, 1.82) is 0 Å². The van der Waals surface area contributed by atoms with E-state index in [2.05, 4.69) is 5.32 Å². The number of hydrogen-bond donors (Lipinski definition) is 1. The van der Waals surface area contributed by atoms with Crippen molar-refractivity contribution in [3.63, 3.8) is 0 Å². The Hall–Kier alpha value is -3.33. The van der Waals surface area contributed by atoms with Gasteiger partial charge in [-0.3, -0.25) is 19.5 Å². The van der Waals surface area contributed by atoms with Crippen molar-refractivity contribution in [2.75, 3.05) is 24.3 Å². The van der Waals surface area contributed by atoms with Gasteiger partial charge in [-0.1, -0.05) is 11.6 Å². The molecule has 0 unspecified atom stereocenters. The van der Waals surface area contributed by atoms with Crippen molar-refractivity contribution in [2.45, 2.75) is 19.4 Å². The Bertz CT molecular complexity index is 1140. The number of amides is 1. The Morgan fingerprint density at radius 3 is 2.69 bits per heavy atom. The highest BCUT2D eigenvalue weighted by Gasteiger charge is 2.14. The summed E-state index contributed by atoms with van der Waals surface area (Å²) in [5, 5.41) is 14.1. The third kappa shape index (κ3) is 4.57. The second kappa shape index (κ2) is 8.36. The molecule has 1 amide bonds. The minimum Gasteiger partial charge on any atom is -0.407 e. The molecular formula is C19H19ClN4O5. The summed E-state index contributed by atoms with van der Waals surface area (Å²) in [4.78, 5) is 36.4. The van der Waals surface area contributed by atoms with Crippen molar-refractivity contribution in [1.82, 2.24) is 4.57 Å². The van der Waals surface area contributed by atoms with E-state index < -0.39 is 10.7 Å². The van der Waals surface area contributed by atoms with E-state index >= 15 is 0 Å². The second-order valence-electron chi connectivity index (χ2n) is 6.64. The number of nitro groups is 1. The molecule has 29 heavy (non-hydrogen) atoms. The van der Waals surface area contributed by atoms with E-state index in [1.165, 1.54) is 22.8 Å². The highest BCUT2D eigenvalue weighted by molar-refractivity contribution is 6.33. The molecule has 2 aromatic carbocycles. The predicted molar refractivity (Wildman–Crippen MR) is 111 cm³/mol. The first kappa shape index (κ1) is 20.4. The monoisotopic (exact) mass is 418 g/mol. The summed E-state index contributed by atoms with van der Waals surface area (Å²) in [5.74, 6) is -0.831. The van der Waals surface area contributed by atoms with Crippen LogP contribution in [-0.4, -0.2) is 29.5 Å². The van der Waals surface area contributed by atoms with Crippen LogP contribution in [0.2, 0.25) is 5.02 Å². The number of oxazole rings is 1. The largest absolute Gasteiger partial charge is 0.419 e. The van der Waals surface area contributed by atoms with Gasteiger partial charge >= 0.3 is 5.76 Å². The quantitative estimate of drug-likeness (QED) is 0.463. The first-order valence-electron chi connectivity index (χ1n) is 8.81. The lowest BCUT2D eigenvalue weighted by Crippen LogP contribution is -2.17. The molecule has 0 fully saturated rings. The van der Waals surface area contributed by atoms with Gasteiger partial charge in [0.2, 0.25) is 5.91 Å². The van der Waals surface area contributed by atoms with Crippen molar-refractivity contribution in [2.24, 2.45) is 0 Å². The van der Waals surface area contributed by atoms with Gasteiger partial charge in [0.05, 0.1) is 27.2 Å². The second-order valence-corrected chi connectivity index (χ2v) is 7.05. The van der Waals surface area contributed by atoms with Crippen LogP contribution in [0.4, 0.5) is 17.1 Å². The fourth-order valence-electron chi connectivity index (χ4n) is 2.95. The van der Waals surface area contributed by atoms with E-state index in [0.717, 1.165) is 5.69 Å². The number of carbonyl (C=O) groups excluding carboxylic acids is 1. The zero-order valence-electron chi connectivity index (χ0n) is 15.8. The Labute approximate surface area is 170 Å². The SMILES string of the molecule is CN(C)c1ccc(NC(=O)CCCn2c(=O)oc3cc([N+](=O)[O-])ccc32)cc1Cl. The van der Waals surface area contributed by atoms with Crippen LogP contribution in [-0.2, 0) is 11.3 Å². The number of carbonyl (C=O) groups is 1. The third-order valence-electron chi connectivity index (χ3n) is 4.36. The van der Waals surface area contributed by atoms with Crippen molar-refractivity contribution in [3.8, 4) is 0 Å². The first-order chi connectivity index (χ1) is 13.8. The number of nitrogens with one attached hydrogen (secondary N) is 1. The fraction of sp³-hybridized carbons (Fsp3) is 0.263. The number of aryl methyl sites for hydroxylation is 1. The molecule has 0 bridgehead atoms. The van der Waals surface area contributed by atoms with E-state index in [0.29, 0.717) is 22.6 Å². The zero-order chi connectivity index (χ0) is 21.1. The topological polar surface area (TPSA) is 111 Å². The Morgan fingerprint density at radius 1 is 1.28 bits per heavy atom. The van der Waals surface area contributed by atoms with Crippen LogP contribution in [0.3, 0.4) is 0 Å². The van der Waals surface area contributed by atoms with Crippen molar-refractivity contribution >= 4 is 45.7 Å². The van der Waals surface area contributed by atoms with Crippen LogP contribution in [0.15, 0.2) is 45.6 Å². The molecule has 0 aliphatic carbocycles. The number of hydrogen-bond acceptors (Lipinski definition) is 6.